The highest BCUT2D eigenvalue weighted by Gasteiger charge is 2.36. The van der Waals surface area contributed by atoms with E-state index in [2.05, 4.69) is 0 Å². The van der Waals surface area contributed by atoms with Gasteiger partial charge in [0.25, 0.3) is 0 Å². The molecule has 2 aromatic rings. The fourth-order valence-electron chi connectivity index (χ4n) is 2.05. The Balaban J connectivity index is 2.37. The van der Waals surface area contributed by atoms with E-state index in [0.29, 0.717) is 12.1 Å². The van der Waals surface area contributed by atoms with Crippen LogP contribution in [0.2, 0.25) is 0 Å². The molecular formula is C17H9F9. The van der Waals surface area contributed by atoms with Crippen LogP contribution in [0, 0.1) is 0 Å². The quantitative estimate of drug-likeness (QED) is 0.390. The van der Waals surface area contributed by atoms with Crippen LogP contribution in [0.15, 0.2) is 42.5 Å². The number of alkyl halides is 9. The highest BCUT2D eigenvalue weighted by atomic mass is 19.4. The molecule has 0 fully saturated rings. The van der Waals surface area contributed by atoms with Crippen LogP contribution in [0.25, 0.3) is 12.2 Å². The predicted octanol–water partition coefficient (Wildman–Crippen LogP) is 6.91. The molecule has 0 saturated heterocycles. The Labute approximate surface area is 141 Å². The van der Waals surface area contributed by atoms with Crippen LogP contribution in [-0.4, -0.2) is 0 Å². The summed E-state index contributed by atoms with van der Waals surface area (Å²) in [5, 5.41) is 0. The van der Waals surface area contributed by atoms with E-state index in [4.69, 9.17) is 0 Å². The summed E-state index contributed by atoms with van der Waals surface area (Å²) in [6.45, 7) is 0. The summed E-state index contributed by atoms with van der Waals surface area (Å²) < 4.78 is 114. The van der Waals surface area contributed by atoms with Gasteiger partial charge in [-0.15, -0.1) is 0 Å². The summed E-state index contributed by atoms with van der Waals surface area (Å²) in [5.41, 5.74) is -4.07. The van der Waals surface area contributed by atoms with Crippen molar-refractivity contribution in [3.8, 4) is 0 Å². The van der Waals surface area contributed by atoms with Crippen LogP contribution in [0.1, 0.15) is 27.8 Å². The van der Waals surface area contributed by atoms with Crippen molar-refractivity contribution in [1.29, 1.82) is 0 Å². The molecule has 2 rings (SSSR count). The van der Waals surface area contributed by atoms with Crippen molar-refractivity contribution < 1.29 is 39.5 Å². The average molecular weight is 384 g/mol. The highest BCUT2D eigenvalue weighted by molar-refractivity contribution is 5.70. The zero-order valence-electron chi connectivity index (χ0n) is 12.6. The zero-order chi connectivity index (χ0) is 19.8. The lowest BCUT2D eigenvalue weighted by atomic mass is 10.0. The fraction of sp³-hybridized carbons (Fsp3) is 0.176. The second-order valence-corrected chi connectivity index (χ2v) is 5.29. The van der Waals surface area contributed by atoms with Gasteiger partial charge < -0.3 is 0 Å². The van der Waals surface area contributed by atoms with Crippen molar-refractivity contribution in [3.05, 3.63) is 70.3 Å². The molecule has 0 bridgehead atoms. The van der Waals surface area contributed by atoms with E-state index in [0.717, 1.165) is 36.4 Å². The molecule has 26 heavy (non-hydrogen) atoms. The summed E-state index contributed by atoms with van der Waals surface area (Å²) in [4.78, 5) is 0. The minimum Gasteiger partial charge on any atom is -0.166 e. The summed E-state index contributed by atoms with van der Waals surface area (Å²) in [5.74, 6) is 0. The van der Waals surface area contributed by atoms with E-state index < -0.39 is 35.2 Å². The topological polar surface area (TPSA) is 0 Å². The van der Waals surface area contributed by atoms with Crippen LogP contribution < -0.4 is 0 Å². The normalized spacial score (nSPS) is 13.4. The maximum Gasteiger partial charge on any atom is 0.416 e. The molecule has 0 aromatic heterocycles. The molecule has 0 atom stereocenters. The van der Waals surface area contributed by atoms with Crippen LogP contribution in [-0.2, 0) is 18.5 Å². The Morgan fingerprint density at radius 1 is 0.462 bits per heavy atom. The Kier molecular flexibility index (Phi) is 5.12. The van der Waals surface area contributed by atoms with Crippen molar-refractivity contribution in [1.82, 2.24) is 0 Å². The third-order valence-electron chi connectivity index (χ3n) is 3.32. The van der Waals surface area contributed by atoms with Crippen LogP contribution in [0.4, 0.5) is 39.5 Å². The molecule has 0 radical (unpaired) electrons. The van der Waals surface area contributed by atoms with Crippen molar-refractivity contribution in [2.45, 2.75) is 18.5 Å². The Bertz CT molecular complexity index is 759. The van der Waals surface area contributed by atoms with Crippen LogP contribution in [0.5, 0.6) is 0 Å². The molecular weight excluding hydrogens is 375 g/mol. The lowest BCUT2D eigenvalue weighted by Gasteiger charge is -2.13. The van der Waals surface area contributed by atoms with Crippen LogP contribution >= 0.6 is 0 Å². The minimum absolute atomic E-state index is 0.00450. The lowest BCUT2D eigenvalue weighted by Crippen LogP contribution is -2.11. The Morgan fingerprint density at radius 3 is 1.23 bits per heavy atom. The Hall–Kier alpha value is -2.45. The molecule has 0 N–H and O–H groups in total. The molecule has 2 aromatic carbocycles. The van der Waals surface area contributed by atoms with E-state index in [-0.39, 0.29) is 17.2 Å². The molecule has 0 aliphatic heterocycles. The molecule has 0 heterocycles. The average Bonchev–Trinajstić information content (AvgIpc) is 2.50. The standard InChI is InChI=1S/C17H9F9/c18-15(19,20)12-5-3-10(4-6-12)1-2-11-7-13(16(21,22)23)9-14(8-11)17(24,25)26/h1-9H/b2-1+. The number of hydrogen-bond donors (Lipinski definition) is 0. The number of benzene rings is 2. The largest absolute Gasteiger partial charge is 0.416 e. The summed E-state index contributed by atoms with van der Waals surface area (Å²) in [6.07, 6.45) is -12.4. The summed E-state index contributed by atoms with van der Waals surface area (Å²) in [7, 11) is 0. The van der Waals surface area contributed by atoms with Gasteiger partial charge in [0.2, 0.25) is 0 Å². The van der Waals surface area contributed by atoms with Gasteiger partial charge in [0.15, 0.2) is 0 Å². The van der Waals surface area contributed by atoms with Gasteiger partial charge in [0, 0.05) is 0 Å². The highest BCUT2D eigenvalue weighted by Crippen LogP contribution is 2.36. The van der Waals surface area contributed by atoms with E-state index in [1.807, 2.05) is 0 Å². The first-order valence-electron chi connectivity index (χ1n) is 6.91. The molecule has 0 saturated carbocycles. The first kappa shape index (κ1) is 19.9. The second-order valence-electron chi connectivity index (χ2n) is 5.29. The smallest absolute Gasteiger partial charge is 0.166 e. The molecule has 0 spiro atoms. The lowest BCUT2D eigenvalue weighted by molar-refractivity contribution is -0.143. The monoisotopic (exact) mass is 384 g/mol. The van der Waals surface area contributed by atoms with Crippen molar-refractivity contribution in [3.63, 3.8) is 0 Å². The zero-order valence-corrected chi connectivity index (χ0v) is 12.6. The molecule has 0 unspecified atom stereocenters. The minimum atomic E-state index is -4.97. The third kappa shape index (κ3) is 5.03. The van der Waals surface area contributed by atoms with E-state index >= 15 is 0 Å². The third-order valence-corrected chi connectivity index (χ3v) is 3.32. The van der Waals surface area contributed by atoms with E-state index in [9.17, 15) is 39.5 Å². The van der Waals surface area contributed by atoms with Gasteiger partial charge in [-0.3, -0.25) is 0 Å². The van der Waals surface area contributed by atoms with E-state index in [1.54, 1.807) is 0 Å². The SMILES string of the molecule is FC(F)(F)c1ccc(/C=C/c2cc(C(F)(F)F)cc(C(F)(F)F)c2)cc1. The van der Waals surface area contributed by atoms with Crippen molar-refractivity contribution >= 4 is 12.2 Å². The van der Waals surface area contributed by atoms with Gasteiger partial charge >= 0.3 is 18.5 Å². The van der Waals surface area contributed by atoms with Gasteiger partial charge in [0.1, 0.15) is 0 Å². The fourth-order valence-corrected chi connectivity index (χ4v) is 2.05. The van der Waals surface area contributed by atoms with Crippen molar-refractivity contribution in [2.24, 2.45) is 0 Å². The number of halogens is 9. The molecule has 0 aliphatic rings. The van der Waals surface area contributed by atoms with E-state index in [1.165, 1.54) is 0 Å². The first-order chi connectivity index (χ1) is 11.8. The second kappa shape index (κ2) is 6.69. The summed E-state index contributed by atoms with van der Waals surface area (Å²) in [6, 6.07) is 4.66. The maximum atomic E-state index is 12.8. The molecule has 0 aliphatic carbocycles. The van der Waals surface area contributed by atoms with Crippen LogP contribution in [0.3, 0.4) is 0 Å². The first-order valence-corrected chi connectivity index (χ1v) is 6.91. The molecule has 0 nitrogen and oxygen atoms in total. The van der Waals surface area contributed by atoms with Gasteiger partial charge in [-0.2, -0.15) is 39.5 Å². The van der Waals surface area contributed by atoms with Crippen molar-refractivity contribution in [2.75, 3.05) is 0 Å². The number of rotatable bonds is 2. The molecule has 9 heteroatoms. The Morgan fingerprint density at radius 2 is 0.846 bits per heavy atom. The molecule has 140 valence electrons. The maximum absolute atomic E-state index is 12.8. The summed E-state index contributed by atoms with van der Waals surface area (Å²) >= 11 is 0. The van der Waals surface area contributed by atoms with Gasteiger partial charge in [-0.05, 0) is 41.5 Å². The van der Waals surface area contributed by atoms with Gasteiger partial charge in [-0.1, -0.05) is 24.3 Å². The van der Waals surface area contributed by atoms with Gasteiger partial charge in [-0.25, -0.2) is 0 Å². The van der Waals surface area contributed by atoms with Gasteiger partial charge in [0.05, 0.1) is 16.7 Å². The molecule has 0 amide bonds. The predicted molar refractivity (Wildman–Crippen MR) is 76.8 cm³/mol. The number of hydrogen-bond acceptors (Lipinski definition) is 0.